The third kappa shape index (κ3) is 2.53. The van der Waals surface area contributed by atoms with Crippen molar-refractivity contribution in [2.45, 2.75) is 12.0 Å². The lowest BCUT2D eigenvalue weighted by atomic mass is 10.3. The Morgan fingerprint density at radius 3 is 3.20 bits per heavy atom. The van der Waals surface area contributed by atoms with Gasteiger partial charge in [0.05, 0.1) is 18.1 Å². The van der Waals surface area contributed by atoms with Crippen LogP contribution in [0.1, 0.15) is 17.5 Å². The van der Waals surface area contributed by atoms with Gasteiger partial charge >= 0.3 is 0 Å². The van der Waals surface area contributed by atoms with Gasteiger partial charge in [0, 0.05) is 17.7 Å². The zero-order chi connectivity index (χ0) is 10.7. The maximum Gasteiger partial charge on any atom is 0.255 e. The average Bonchev–Trinajstić information content (AvgIpc) is 2.30. The van der Waals surface area contributed by atoms with Crippen LogP contribution in [0.15, 0.2) is 11.0 Å². The monoisotopic (exact) mass is 246 g/mol. The summed E-state index contributed by atoms with van der Waals surface area (Å²) in [6.45, 7) is 0.705. The van der Waals surface area contributed by atoms with Crippen molar-refractivity contribution in [2.75, 3.05) is 18.1 Å². The van der Waals surface area contributed by atoms with Crippen molar-refractivity contribution in [1.82, 2.24) is 9.97 Å². The van der Waals surface area contributed by atoms with Crippen LogP contribution >= 0.6 is 23.4 Å². The summed E-state index contributed by atoms with van der Waals surface area (Å²) in [6, 6.07) is 0. The summed E-state index contributed by atoms with van der Waals surface area (Å²) in [5.41, 5.74) is 0.318. The van der Waals surface area contributed by atoms with Gasteiger partial charge in [0.2, 0.25) is 0 Å². The van der Waals surface area contributed by atoms with Crippen LogP contribution in [0.4, 0.5) is 0 Å². The van der Waals surface area contributed by atoms with Crippen molar-refractivity contribution in [3.8, 4) is 0 Å². The van der Waals surface area contributed by atoms with E-state index in [4.69, 9.17) is 16.3 Å². The van der Waals surface area contributed by atoms with E-state index in [2.05, 4.69) is 9.97 Å². The summed E-state index contributed by atoms with van der Waals surface area (Å²) < 4.78 is 5.51. The minimum atomic E-state index is -0.172. The molecule has 1 atom stereocenters. The minimum absolute atomic E-state index is 0.0965. The fourth-order valence-electron chi connectivity index (χ4n) is 1.34. The van der Waals surface area contributed by atoms with Gasteiger partial charge in [-0.3, -0.25) is 4.79 Å². The molecule has 4 nitrogen and oxygen atoms in total. The molecule has 1 unspecified atom stereocenters. The number of alkyl halides is 1. The van der Waals surface area contributed by atoms with Crippen molar-refractivity contribution < 1.29 is 4.74 Å². The lowest BCUT2D eigenvalue weighted by molar-refractivity contribution is 0.0692. The number of H-pyrrole nitrogens is 1. The molecule has 15 heavy (non-hydrogen) atoms. The van der Waals surface area contributed by atoms with Crippen LogP contribution in [-0.4, -0.2) is 28.1 Å². The van der Waals surface area contributed by atoms with Crippen molar-refractivity contribution in [1.29, 1.82) is 0 Å². The fourth-order valence-corrected chi connectivity index (χ4v) is 2.38. The summed E-state index contributed by atoms with van der Waals surface area (Å²) in [7, 11) is 0. The number of aromatic nitrogens is 2. The normalized spacial score (nSPS) is 21.5. The average molecular weight is 247 g/mol. The van der Waals surface area contributed by atoms with Crippen LogP contribution in [0.2, 0.25) is 0 Å². The SMILES string of the molecule is O=c1[nH]c(C2CSCCO2)ncc1CCl. The Kier molecular flexibility index (Phi) is 3.66. The Morgan fingerprint density at radius 1 is 1.73 bits per heavy atom. The van der Waals surface area contributed by atoms with Crippen LogP contribution in [-0.2, 0) is 10.6 Å². The van der Waals surface area contributed by atoms with Gasteiger partial charge in [0.15, 0.2) is 0 Å². The van der Waals surface area contributed by atoms with E-state index in [-0.39, 0.29) is 17.5 Å². The van der Waals surface area contributed by atoms with Gasteiger partial charge in [-0.2, -0.15) is 11.8 Å². The summed E-state index contributed by atoms with van der Waals surface area (Å²) in [5, 5.41) is 0. The summed E-state index contributed by atoms with van der Waals surface area (Å²) in [6.07, 6.45) is 1.42. The second-order valence-electron chi connectivity index (χ2n) is 3.19. The van der Waals surface area contributed by atoms with Crippen LogP contribution in [0.3, 0.4) is 0 Å². The predicted octanol–water partition coefficient (Wildman–Crippen LogP) is 1.31. The first-order chi connectivity index (χ1) is 7.31. The Labute approximate surface area is 96.4 Å². The van der Waals surface area contributed by atoms with E-state index in [9.17, 15) is 4.79 Å². The Balaban J connectivity index is 2.21. The van der Waals surface area contributed by atoms with Crippen molar-refractivity contribution in [2.24, 2.45) is 0 Å². The maximum atomic E-state index is 11.5. The smallest absolute Gasteiger partial charge is 0.255 e. The number of halogens is 1. The first-order valence-corrected chi connectivity index (χ1v) is 6.33. The standard InChI is InChI=1S/C9H11ClN2O2S/c10-3-6-4-11-8(12-9(6)13)7-5-15-2-1-14-7/h4,7H,1-3,5H2,(H,11,12,13). The van der Waals surface area contributed by atoms with Crippen molar-refractivity contribution in [3.05, 3.63) is 27.9 Å². The second-order valence-corrected chi connectivity index (χ2v) is 4.61. The van der Waals surface area contributed by atoms with Crippen molar-refractivity contribution in [3.63, 3.8) is 0 Å². The Morgan fingerprint density at radius 2 is 2.60 bits per heavy atom. The van der Waals surface area contributed by atoms with Crippen LogP contribution in [0.5, 0.6) is 0 Å². The molecule has 0 aromatic carbocycles. The third-order valence-electron chi connectivity index (χ3n) is 2.16. The molecule has 1 saturated heterocycles. The molecule has 1 aromatic rings. The molecule has 2 rings (SSSR count). The third-order valence-corrected chi connectivity index (χ3v) is 3.44. The molecule has 0 amide bonds. The van der Waals surface area contributed by atoms with Gasteiger partial charge in [0.1, 0.15) is 11.9 Å². The predicted molar refractivity (Wildman–Crippen MR) is 60.4 cm³/mol. The van der Waals surface area contributed by atoms with Crippen molar-refractivity contribution >= 4 is 23.4 Å². The molecule has 6 heteroatoms. The zero-order valence-corrected chi connectivity index (χ0v) is 9.61. The number of hydrogen-bond donors (Lipinski definition) is 1. The van der Waals surface area contributed by atoms with E-state index in [1.807, 2.05) is 0 Å². The van der Waals surface area contributed by atoms with E-state index in [1.165, 1.54) is 6.20 Å². The molecule has 0 spiro atoms. The fraction of sp³-hybridized carbons (Fsp3) is 0.556. The number of rotatable bonds is 2. The highest BCUT2D eigenvalue weighted by atomic mass is 35.5. The van der Waals surface area contributed by atoms with Gasteiger partial charge in [0.25, 0.3) is 5.56 Å². The first-order valence-electron chi connectivity index (χ1n) is 4.64. The first kappa shape index (κ1) is 11.0. The largest absolute Gasteiger partial charge is 0.369 e. The van der Waals surface area contributed by atoms with Gasteiger partial charge in [-0.1, -0.05) is 0 Å². The number of nitrogens with one attached hydrogen (secondary N) is 1. The Hall–Kier alpha value is -0.520. The number of thioether (sulfide) groups is 1. The minimum Gasteiger partial charge on any atom is -0.369 e. The van der Waals surface area contributed by atoms with Gasteiger partial charge in [-0.15, -0.1) is 11.6 Å². The van der Waals surface area contributed by atoms with E-state index >= 15 is 0 Å². The topological polar surface area (TPSA) is 55.0 Å². The molecule has 0 bridgehead atoms. The molecule has 82 valence electrons. The molecule has 0 saturated carbocycles. The number of nitrogens with zero attached hydrogens (tertiary/aromatic N) is 1. The summed E-state index contributed by atoms with van der Waals surface area (Å²) >= 11 is 7.38. The van der Waals surface area contributed by atoms with Crippen LogP contribution in [0.25, 0.3) is 0 Å². The summed E-state index contributed by atoms with van der Waals surface area (Å²) in [5.74, 6) is 2.62. The highest BCUT2D eigenvalue weighted by Gasteiger charge is 2.18. The molecular formula is C9H11ClN2O2S. The van der Waals surface area contributed by atoms with Gasteiger partial charge in [-0.05, 0) is 0 Å². The van der Waals surface area contributed by atoms with Crippen LogP contribution < -0.4 is 5.56 Å². The highest BCUT2D eigenvalue weighted by molar-refractivity contribution is 7.99. The molecule has 0 aliphatic carbocycles. The lowest BCUT2D eigenvalue weighted by Crippen LogP contribution is -2.23. The summed E-state index contributed by atoms with van der Waals surface area (Å²) in [4.78, 5) is 18.3. The van der Waals surface area contributed by atoms with E-state index in [0.29, 0.717) is 18.0 Å². The van der Waals surface area contributed by atoms with E-state index < -0.39 is 0 Å². The second kappa shape index (κ2) is 5.01. The quantitative estimate of drug-likeness (QED) is 0.800. The van der Waals surface area contributed by atoms with Crippen LogP contribution in [0, 0.1) is 0 Å². The van der Waals surface area contributed by atoms with E-state index in [1.54, 1.807) is 11.8 Å². The highest BCUT2D eigenvalue weighted by Crippen LogP contribution is 2.23. The van der Waals surface area contributed by atoms with Gasteiger partial charge in [-0.25, -0.2) is 4.98 Å². The molecular weight excluding hydrogens is 236 g/mol. The van der Waals surface area contributed by atoms with E-state index in [0.717, 1.165) is 11.5 Å². The number of ether oxygens (including phenoxy) is 1. The molecule has 1 aromatic heterocycles. The lowest BCUT2D eigenvalue weighted by Gasteiger charge is -2.21. The molecule has 0 radical (unpaired) electrons. The van der Waals surface area contributed by atoms with Gasteiger partial charge < -0.3 is 9.72 Å². The molecule has 2 heterocycles. The molecule has 1 N–H and O–H groups in total. The number of aromatic amines is 1. The Bertz CT molecular complexity index is 390. The molecule has 1 fully saturated rings. The molecule has 1 aliphatic rings. The molecule has 1 aliphatic heterocycles. The zero-order valence-electron chi connectivity index (χ0n) is 8.03. The maximum absolute atomic E-state index is 11.5. The number of hydrogen-bond acceptors (Lipinski definition) is 4.